The number of carbonyl (C=O) groups is 1. The highest BCUT2D eigenvalue weighted by molar-refractivity contribution is 5.75. The summed E-state index contributed by atoms with van der Waals surface area (Å²) in [6, 6.07) is 3.95. The van der Waals surface area contributed by atoms with Gasteiger partial charge in [-0.3, -0.25) is 0 Å². The number of ether oxygens (including phenoxy) is 2. The Balaban J connectivity index is 2.04. The highest BCUT2D eigenvalue weighted by Gasteiger charge is 2.28. The summed E-state index contributed by atoms with van der Waals surface area (Å²) in [5.74, 6) is 0.914. The molecule has 2 amide bonds. The maximum Gasteiger partial charge on any atom is 0.318 e. The summed E-state index contributed by atoms with van der Waals surface area (Å²) in [4.78, 5) is 16.5. The fourth-order valence-corrected chi connectivity index (χ4v) is 2.73. The van der Waals surface area contributed by atoms with Crippen LogP contribution >= 0.6 is 0 Å². The van der Waals surface area contributed by atoms with Gasteiger partial charge in [0.1, 0.15) is 12.4 Å². The van der Waals surface area contributed by atoms with Crippen LogP contribution in [0.15, 0.2) is 12.1 Å². The summed E-state index contributed by atoms with van der Waals surface area (Å²) < 4.78 is 10.9. The van der Waals surface area contributed by atoms with Crippen LogP contribution in [0, 0.1) is 13.8 Å². The molecule has 0 spiro atoms. The van der Waals surface area contributed by atoms with E-state index < -0.39 is 0 Å². The molecule has 1 aromatic carbocycles. The summed E-state index contributed by atoms with van der Waals surface area (Å²) in [5, 5.41) is 3.10. The topological polar surface area (TPSA) is 54.0 Å². The first-order chi connectivity index (χ1) is 11.4. The molecule has 1 aliphatic rings. The van der Waals surface area contributed by atoms with Crippen molar-refractivity contribution in [2.75, 3.05) is 54.1 Å². The van der Waals surface area contributed by atoms with Crippen molar-refractivity contribution < 1.29 is 14.3 Å². The van der Waals surface area contributed by atoms with Crippen molar-refractivity contribution >= 4 is 6.03 Å². The van der Waals surface area contributed by atoms with Crippen LogP contribution in [0.5, 0.6) is 5.75 Å². The monoisotopic (exact) mass is 335 g/mol. The molecule has 24 heavy (non-hydrogen) atoms. The number of amides is 2. The molecular formula is C18H29N3O3. The molecule has 6 nitrogen and oxygen atoms in total. The summed E-state index contributed by atoms with van der Waals surface area (Å²) in [6.45, 7) is 7.18. The second-order valence-electron chi connectivity index (χ2n) is 6.52. The zero-order valence-corrected chi connectivity index (χ0v) is 15.4. The van der Waals surface area contributed by atoms with Crippen molar-refractivity contribution in [3.8, 4) is 5.75 Å². The molecule has 1 unspecified atom stereocenters. The van der Waals surface area contributed by atoms with E-state index >= 15 is 0 Å². The van der Waals surface area contributed by atoms with Crippen LogP contribution in [-0.2, 0) is 4.74 Å². The molecule has 6 heteroatoms. The van der Waals surface area contributed by atoms with Gasteiger partial charge in [-0.15, -0.1) is 0 Å². The maximum absolute atomic E-state index is 12.7. The van der Waals surface area contributed by atoms with E-state index in [-0.39, 0.29) is 12.1 Å². The third-order valence-electron chi connectivity index (χ3n) is 4.44. The van der Waals surface area contributed by atoms with Crippen LogP contribution in [0.4, 0.5) is 4.79 Å². The molecule has 2 rings (SSSR count). The van der Waals surface area contributed by atoms with Gasteiger partial charge in [0.2, 0.25) is 0 Å². The normalized spacial score (nSPS) is 16.0. The fourth-order valence-electron chi connectivity index (χ4n) is 2.73. The second-order valence-corrected chi connectivity index (χ2v) is 6.52. The number of aryl methyl sites for hydroxylation is 1. The molecule has 0 aliphatic carbocycles. The predicted molar refractivity (Wildman–Crippen MR) is 94.7 cm³/mol. The number of carbonyl (C=O) groups excluding carboxylic acids is 1. The van der Waals surface area contributed by atoms with E-state index in [1.165, 1.54) is 5.56 Å². The summed E-state index contributed by atoms with van der Waals surface area (Å²) in [5.41, 5.74) is 3.41. The van der Waals surface area contributed by atoms with Crippen LogP contribution in [0.2, 0.25) is 0 Å². The van der Waals surface area contributed by atoms with E-state index in [1.807, 2.05) is 14.1 Å². The van der Waals surface area contributed by atoms with Crippen LogP contribution in [0.1, 0.15) is 22.7 Å². The van der Waals surface area contributed by atoms with Crippen LogP contribution in [0.3, 0.4) is 0 Å². The zero-order chi connectivity index (χ0) is 17.7. The van der Waals surface area contributed by atoms with Gasteiger partial charge in [0, 0.05) is 32.3 Å². The van der Waals surface area contributed by atoms with Crippen LogP contribution in [-0.4, -0.2) is 69.9 Å². The van der Waals surface area contributed by atoms with Gasteiger partial charge >= 0.3 is 6.03 Å². The first-order valence-electron chi connectivity index (χ1n) is 8.36. The lowest BCUT2D eigenvalue weighted by Crippen LogP contribution is -2.46. The van der Waals surface area contributed by atoms with Gasteiger partial charge in [-0.05, 0) is 39.1 Å². The Kier molecular flexibility index (Phi) is 6.45. The van der Waals surface area contributed by atoms with E-state index in [4.69, 9.17) is 9.47 Å². The van der Waals surface area contributed by atoms with Gasteiger partial charge in [-0.1, -0.05) is 12.1 Å². The lowest BCUT2D eigenvalue weighted by Gasteiger charge is -2.26. The van der Waals surface area contributed by atoms with E-state index in [0.29, 0.717) is 26.3 Å². The van der Waals surface area contributed by atoms with E-state index in [0.717, 1.165) is 23.4 Å². The number of hydrogen-bond acceptors (Lipinski definition) is 4. The number of fused-ring (bicyclic) bond motifs is 1. The number of nitrogens with one attached hydrogen (secondary N) is 1. The van der Waals surface area contributed by atoms with Crippen molar-refractivity contribution in [2.45, 2.75) is 19.9 Å². The molecule has 0 saturated heterocycles. The number of nitrogens with zero attached hydrogens (tertiary/aromatic N) is 2. The molecule has 134 valence electrons. The first-order valence-corrected chi connectivity index (χ1v) is 8.36. The molecule has 0 fully saturated rings. The highest BCUT2D eigenvalue weighted by atomic mass is 16.5. The smallest absolute Gasteiger partial charge is 0.318 e. The van der Waals surface area contributed by atoms with Gasteiger partial charge in [-0.25, -0.2) is 4.79 Å². The first kappa shape index (κ1) is 18.5. The third-order valence-corrected chi connectivity index (χ3v) is 4.44. The van der Waals surface area contributed by atoms with Crippen molar-refractivity contribution in [1.82, 2.24) is 15.1 Å². The Morgan fingerprint density at radius 2 is 2.04 bits per heavy atom. The molecule has 0 radical (unpaired) electrons. The van der Waals surface area contributed by atoms with Gasteiger partial charge < -0.3 is 24.6 Å². The number of hydrogen-bond donors (Lipinski definition) is 1. The zero-order valence-electron chi connectivity index (χ0n) is 15.4. The average molecular weight is 335 g/mol. The SMILES string of the molecule is COCCN(CCN(C)C)C(=O)NC1COc2c1ccc(C)c2C. The Morgan fingerprint density at radius 1 is 1.29 bits per heavy atom. The van der Waals surface area contributed by atoms with Crippen molar-refractivity contribution in [3.05, 3.63) is 28.8 Å². The lowest BCUT2D eigenvalue weighted by atomic mass is 10.0. The molecular weight excluding hydrogens is 306 g/mol. The number of likely N-dealkylation sites (N-methyl/N-ethyl adjacent to an activating group) is 1. The maximum atomic E-state index is 12.7. The largest absolute Gasteiger partial charge is 0.490 e. The van der Waals surface area contributed by atoms with Gasteiger partial charge in [0.25, 0.3) is 0 Å². The average Bonchev–Trinajstić information content (AvgIpc) is 2.94. The predicted octanol–water partition coefficient (Wildman–Crippen LogP) is 1.96. The Labute approximate surface area is 144 Å². The molecule has 1 aromatic rings. The fraction of sp³-hybridized carbons (Fsp3) is 0.611. The quantitative estimate of drug-likeness (QED) is 0.828. The summed E-state index contributed by atoms with van der Waals surface area (Å²) in [6.07, 6.45) is 0. The van der Waals surface area contributed by atoms with E-state index in [1.54, 1.807) is 12.0 Å². The third kappa shape index (κ3) is 4.39. The molecule has 1 N–H and O–H groups in total. The van der Waals surface area contributed by atoms with Crippen molar-refractivity contribution in [2.24, 2.45) is 0 Å². The summed E-state index contributed by atoms with van der Waals surface area (Å²) in [7, 11) is 5.64. The number of urea groups is 1. The number of benzene rings is 1. The second kappa shape index (κ2) is 8.35. The number of rotatable bonds is 7. The molecule has 1 heterocycles. The lowest BCUT2D eigenvalue weighted by molar-refractivity contribution is 0.142. The van der Waals surface area contributed by atoms with Crippen molar-refractivity contribution in [3.63, 3.8) is 0 Å². The molecule has 0 bridgehead atoms. The van der Waals surface area contributed by atoms with E-state index in [9.17, 15) is 4.79 Å². The van der Waals surface area contributed by atoms with Gasteiger partial charge in [-0.2, -0.15) is 0 Å². The van der Waals surface area contributed by atoms with Crippen molar-refractivity contribution in [1.29, 1.82) is 0 Å². The Hall–Kier alpha value is -1.79. The van der Waals surface area contributed by atoms with Gasteiger partial charge in [0.15, 0.2) is 0 Å². The summed E-state index contributed by atoms with van der Waals surface area (Å²) >= 11 is 0. The van der Waals surface area contributed by atoms with Gasteiger partial charge in [0.05, 0.1) is 12.6 Å². The van der Waals surface area contributed by atoms with E-state index in [2.05, 4.69) is 36.2 Å². The minimum Gasteiger partial charge on any atom is -0.490 e. The molecule has 1 aliphatic heterocycles. The van der Waals surface area contributed by atoms with Crippen LogP contribution < -0.4 is 10.1 Å². The number of methoxy groups -OCH3 is 1. The highest BCUT2D eigenvalue weighted by Crippen LogP contribution is 2.36. The minimum atomic E-state index is -0.101. The molecule has 0 saturated carbocycles. The minimum absolute atomic E-state index is 0.0754. The standard InChI is InChI=1S/C18H29N3O3/c1-13-6-7-15-16(12-24-17(15)14(13)2)19-18(22)21(10-11-23-5)9-8-20(3)4/h6-7,16H,8-12H2,1-5H3,(H,19,22). The van der Waals surface area contributed by atoms with Crippen LogP contribution in [0.25, 0.3) is 0 Å². The Morgan fingerprint density at radius 3 is 2.71 bits per heavy atom. The molecule has 0 aromatic heterocycles. The Bertz CT molecular complexity index is 575. The molecule has 1 atom stereocenters.